The molecule has 2 aromatic heterocycles. The van der Waals surface area contributed by atoms with E-state index in [1.807, 2.05) is 24.4 Å². The normalized spacial score (nSPS) is 10.9. The van der Waals surface area contributed by atoms with Gasteiger partial charge >= 0.3 is 0 Å². The number of allylic oxidation sites excluding steroid dienone is 1. The molecule has 0 saturated heterocycles. The van der Waals surface area contributed by atoms with Crippen LogP contribution < -0.4 is 4.74 Å². The van der Waals surface area contributed by atoms with Crippen molar-refractivity contribution in [3.05, 3.63) is 71.6 Å². The van der Waals surface area contributed by atoms with Crippen molar-refractivity contribution in [3.8, 4) is 5.88 Å². The molecule has 23 heavy (non-hydrogen) atoms. The van der Waals surface area contributed by atoms with Gasteiger partial charge in [-0.15, -0.1) is 6.58 Å². The summed E-state index contributed by atoms with van der Waals surface area (Å²) in [5.41, 5.74) is 5.96. The molecule has 3 heteroatoms. The molecular formula is C20H22N2O. The Kier molecular flexibility index (Phi) is 4.20. The minimum absolute atomic E-state index is 0.524. The quantitative estimate of drug-likeness (QED) is 0.637. The smallest absolute Gasteiger partial charge is 0.238 e. The first-order chi connectivity index (χ1) is 11.1. The van der Waals surface area contributed by atoms with Gasteiger partial charge in [0.25, 0.3) is 0 Å². The van der Waals surface area contributed by atoms with E-state index in [-0.39, 0.29) is 0 Å². The topological polar surface area (TPSA) is 27.1 Å². The van der Waals surface area contributed by atoms with Crippen LogP contribution in [-0.2, 0) is 13.2 Å². The van der Waals surface area contributed by atoms with Gasteiger partial charge in [0.05, 0.1) is 0 Å². The summed E-state index contributed by atoms with van der Waals surface area (Å²) in [6, 6.07) is 10.3. The number of pyridine rings is 1. The second-order valence-corrected chi connectivity index (χ2v) is 5.84. The van der Waals surface area contributed by atoms with E-state index in [0.29, 0.717) is 12.5 Å². The predicted octanol–water partition coefficient (Wildman–Crippen LogP) is 4.73. The molecule has 0 unspecified atom stereocenters. The van der Waals surface area contributed by atoms with Crippen molar-refractivity contribution in [1.82, 2.24) is 9.55 Å². The van der Waals surface area contributed by atoms with Crippen LogP contribution in [0.25, 0.3) is 10.9 Å². The van der Waals surface area contributed by atoms with Crippen LogP contribution in [0.15, 0.2) is 49.2 Å². The van der Waals surface area contributed by atoms with Gasteiger partial charge in [0.2, 0.25) is 5.88 Å². The summed E-state index contributed by atoms with van der Waals surface area (Å²) in [4.78, 5) is 4.47. The highest BCUT2D eigenvalue weighted by Gasteiger charge is 2.15. The van der Waals surface area contributed by atoms with E-state index in [9.17, 15) is 0 Å². The van der Waals surface area contributed by atoms with Crippen molar-refractivity contribution in [1.29, 1.82) is 0 Å². The lowest BCUT2D eigenvalue weighted by Crippen LogP contribution is -2.03. The number of hydrogen-bond acceptors (Lipinski definition) is 2. The standard InChI is InChI=1S/C20H22N2O/c1-5-12-22-16(4)15(3)18-10-11-21-20(19(18)22)23-13-17-9-7-6-8-14(17)2/h5-11H,1,12-13H2,2-4H3. The monoisotopic (exact) mass is 306 g/mol. The molecule has 1 aromatic carbocycles. The van der Waals surface area contributed by atoms with Crippen molar-refractivity contribution < 1.29 is 4.74 Å². The van der Waals surface area contributed by atoms with Crippen LogP contribution in [0, 0.1) is 20.8 Å². The van der Waals surface area contributed by atoms with Crippen molar-refractivity contribution >= 4 is 10.9 Å². The zero-order chi connectivity index (χ0) is 16.4. The van der Waals surface area contributed by atoms with Gasteiger partial charge < -0.3 is 9.30 Å². The molecule has 0 N–H and O–H groups in total. The van der Waals surface area contributed by atoms with E-state index >= 15 is 0 Å². The Morgan fingerprint density at radius 3 is 2.70 bits per heavy atom. The molecule has 0 fully saturated rings. The van der Waals surface area contributed by atoms with E-state index in [0.717, 1.165) is 12.1 Å². The molecule has 3 rings (SSSR count). The molecule has 0 saturated carbocycles. The third kappa shape index (κ3) is 2.74. The number of hydrogen-bond donors (Lipinski definition) is 0. The average molecular weight is 306 g/mol. The van der Waals surface area contributed by atoms with Crippen LogP contribution in [0.5, 0.6) is 5.88 Å². The summed E-state index contributed by atoms with van der Waals surface area (Å²) in [7, 11) is 0. The molecule has 0 aliphatic rings. The van der Waals surface area contributed by atoms with Crippen LogP contribution in [-0.4, -0.2) is 9.55 Å². The minimum atomic E-state index is 0.524. The molecule has 0 radical (unpaired) electrons. The minimum Gasteiger partial charge on any atom is -0.471 e. The highest BCUT2D eigenvalue weighted by atomic mass is 16.5. The second kappa shape index (κ2) is 6.29. The molecule has 3 nitrogen and oxygen atoms in total. The summed E-state index contributed by atoms with van der Waals surface area (Å²) in [6.07, 6.45) is 3.73. The Labute approximate surface area is 137 Å². The number of rotatable bonds is 5. The maximum atomic E-state index is 6.08. The van der Waals surface area contributed by atoms with Gasteiger partial charge in [-0.1, -0.05) is 30.3 Å². The summed E-state index contributed by atoms with van der Waals surface area (Å²) in [5, 5.41) is 1.19. The van der Waals surface area contributed by atoms with Crippen LogP contribution in [0.1, 0.15) is 22.4 Å². The molecule has 0 bridgehead atoms. The first-order valence-corrected chi connectivity index (χ1v) is 7.86. The average Bonchev–Trinajstić information content (AvgIpc) is 2.80. The second-order valence-electron chi connectivity index (χ2n) is 5.84. The summed E-state index contributed by atoms with van der Waals surface area (Å²) in [6.45, 7) is 11.5. The van der Waals surface area contributed by atoms with Crippen molar-refractivity contribution in [2.45, 2.75) is 33.9 Å². The fourth-order valence-electron chi connectivity index (χ4n) is 2.94. The molecule has 0 atom stereocenters. The fourth-order valence-corrected chi connectivity index (χ4v) is 2.94. The summed E-state index contributed by atoms with van der Waals surface area (Å²) in [5.74, 6) is 0.684. The number of fused-ring (bicyclic) bond motifs is 1. The Hall–Kier alpha value is -2.55. The maximum absolute atomic E-state index is 6.08. The van der Waals surface area contributed by atoms with Gasteiger partial charge in [-0.3, -0.25) is 0 Å². The van der Waals surface area contributed by atoms with Crippen molar-refractivity contribution in [3.63, 3.8) is 0 Å². The highest BCUT2D eigenvalue weighted by Crippen LogP contribution is 2.31. The number of nitrogens with zero attached hydrogens (tertiary/aromatic N) is 2. The van der Waals surface area contributed by atoms with Crippen LogP contribution in [0.3, 0.4) is 0 Å². The highest BCUT2D eigenvalue weighted by molar-refractivity contribution is 5.88. The van der Waals surface area contributed by atoms with Gasteiger partial charge in [-0.05, 0) is 43.5 Å². The zero-order valence-electron chi connectivity index (χ0n) is 14.0. The third-order valence-electron chi connectivity index (χ3n) is 4.45. The van der Waals surface area contributed by atoms with Gasteiger partial charge in [0, 0.05) is 23.8 Å². The van der Waals surface area contributed by atoms with E-state index in [2.05, 4.69) is 55.1 Å². The van der Waals surface area contributed by atoms with Gasteiger partial charge in [-0.25, -0.2) is 4.98 Å². The summed E-state index contributed by atoms with van der Waals surface area (Å²) >= 11 is 0. The number of aryl methyl sites for hydroxylation is 2. The first kappa shape index (κ1) is 15.3. The number of ether oxygens (including phenoxy) is 1. The summed E-state index contributed by atoms with van der Waals surface area (Å²) < 4.78 is 8.30. The van der Waals surface area contributed by atoms with Crippen LogP contribution in [0.2, 0.25) is 0 Å². The van der Waals surface area contributed by atoms with E-state index in [4.69, 9.17) is 4.74 Å². The number of benzene rings is 1. The lowest BCUT2D eigenvalue weighted by Gasteiger charge is -2.11. The predicted molar refractivity (Wildman–Crippen MR) is 94.9 cm³/mol. The largest absolute Gasteiger partial charge is 0.471 e. The molecule has 0 aliphatic heterocycles. The van der Waals surface area contributed by atoms with Gasteiger partial charge in [0.15, 0.2) is 0 Å². The lowest BCUT2D eigenvalue weighted by molar-refractivity contribution is 0.296. The molecule has 0 amide bonds. The SMILES string of the molecule is C=CCn1c(C)c(C)c2ccnc(OCc3ccccc3C)c21. The van der Waals surface area contributed by atoms with E-state index < -0.39 is 0 Å². The fraction of sp³-hybridized carbons (Fsp3) is 0.250. The van der Waals surface area contributed by atoms with Crippen LogP contribution >= 0.6 is 0 Å². The molecule has 118 valence electrons. The molecule has 0 aliphatic carbocycles. The first-order valence-electron chi connectivity index (χ1n) is 7.86. The van der Waals surface area contributed by atoms with Crippen molar-refractivity contribution in [2.75, 3.05) is 0 Å². The van der Waals surface area contributed by atoms with Gasteiger partial charge in [0.1, 0.15) is 12.1 Å². The third-order valence-corrected chi connectivity index (χ3v) is 4.45. The number of aromatic nitrogens is 2. The van der Waals surface area contributed by atoms with E-state index in [1.54, 1.807) is 0 Å². The maximum Gasteiger partial charge on any atom is 0.238 e. The Bertz CT molecular complexity index is 861. The van der Waals surface area contributed by atoms with Gasteiger partial charge in [-0.2, -0.15) is 0 Å². The Morgan fingerprint density at radius 1 is 1.17 bits per heavy atom. The molecule has 0 spiro atoms. The Balaban J connectivity index is 2.02. The Morgan fingerprint density at radius 2 is 1.96 bits per heavy atom. The lowest BCUT2D eigenvalue weighted by atomic mass is 10.1. The molecule has 3 aromatic rings. The van der Waals surface area contributed by atoms with Crippen molar-refractivity contribution in [2.24, 2.45) is 0 Å². The van der Waals surface area contributed by atoms with E-state index in [1.165, 1.54) is 27.8 Å². The molecule has 2 heterocycles. The van der Waals surface area contributed by atoms with Crippen LogP contribution in [0.4, 0.5) is 0 Å². The molecular weight excluding hydrogens is 284 g/mol. The zero-order valence-corrected chi connectivity index (χ0v) is 14.0.